The molecule has 1 atom stereocenters. The minimum absolute atomic E-state index is 0.00359. The number of aromatic carboxylic acids is 1. The third-order valence-corrected chi connectivity index (χ3v) is 5.83. The van der Waals surface area contributed by atoms with E-state index in [1.807, 2.05) is 7.05 Å². The van der Waals surface area contributed by atoms with Gasteiger partial charge in [-0.1, -0.05) is 6.92 Å². The Kier molecular flexibility index (Phi) is 4.41. The van der Waals surface area contributed by atoms with Crippen LogP contribution < -0.4 is 15.6 Å². The second kappa shape index (κ2) is 6.55. The molecule has 0 amide bonds. The summed E-state index contributed by atoms with van der Waals surface area (Å²) in [5.41, 5.74) is -1.56. The standard InChI is InChI=1S/C20H23F2N3O3/c1-20(9-23-2)5-6-24(10-20)17-14(21)7-12-16(15(17)22)25(11-3-4-11)8-13(18(12)26)19(27)28/h7-8,11,23H,3-6,9-10H2,1-2H3,(H,27,28). The van der Waals surface area contributed by atoms with Gasteiger partial charge in [-0.15, -0.1) is 0 Å². The maximum absolute atomic E-state index is 15.6. The molecule has 1 aromatic heterocycles. The lowest BCUT2D eigenvalue weighted by molar-refractivity contribution is 0.0694. The average molecular weight is 391 g/mol. The largest absolute Gasteiger partial charge is 0.477 e. The summed E-state index contributed by atoms with van der Waals surface area (Å²) in [7, 11) is 1.85. The monoisotopic (exact) mass is 391 g/mol. The van der Waals surface area contributed by atoms with Crippen molar-refractivity contribution in [1.29, 1.82) is 0 Å². The number of anilines is 1. The van der Waals surface area contributed by atoms with Gasteiger partial charge in [0.2, 0.25) is 5.43 Å². The molecule has 1 saturated carbocycles. The number of nitrogens with zero attached hydrogens (tertiary/aromatic N) is 2. The van der Waals surface area contributed by atoms with Crippen LogP contribution in [0.2, 0.25) is 0 Å². The number of fused-ring (bicyclic) bond motifs is 1. The Morgan fingerprint density at radius 1 is 1.39 bits per heavy atom. The lowest BCUT2D eigenvalue weighted by Crippen LogP contribution is -2.33. The molecule has 2 aromatic rings. The molecule has 2 aliphatic rings. The molecule has 2 fully saturated rings. The fourth-order valence-corrected chi connectivity index (χ4v) is 4.30. The minimum Gasteiger partial charge on any atom is -0.477 e. The highest BCUT2D eigenvalue weighted by molar-refractivity contribution is 5.94. The first kappa shape index (κ1) is 18.9. The van der Waals surface area contributed by atoms with E-state index >= 15 is 4.39 Å². The molecule has 2 heterocycles. The third kappa shape index (κ3) is 2.96. The third-order valence-electron chi connectivity index (χ3n) is 5.83. The average Bonchev–Trinajstić information content (AvgIpc) is 3.39. The first-order chi connectivity index (χ1) is 13.3. The summed E-state index contributed by atoms with van der Waals surface area (Å²) < 4.78 is 32.0. The summed E-state index contributed by atoms with van der Waals surface area (Å²) in [5, 5.41) is 12.2. The Bertz CT molecular complexity index is 1030. The van der Waals surface area contributed by atoms with Crippen LogP contribution in [0.3, 0.4) is 0 Å². The number of carbonyl (C=O) groups is 1. The number of carboxylic acid groups (broad SMARTS) is 1. The first-order valence-corrected chi connectivity index (χ1v) is 9.45. The zero-order valence-corrected chi connectivity index (χ0v) is 15.9. The van der Waals surface area contributed by atoms with Gasteiger partial charge in [-0.25, -0.2) is 13.6 Å². The Labute approximate surface area is 160 Å². The van der Waals surface area contributed by atoms with Crippen molar-refractivity contribution in [2.24, 2.45) is 5.41 Å². The number of aromatic nitrogens is 1. The van der Waals surface area contributed by atoms with Crippen LogP contribution in [-0.4, -0.2) is 42.3 Å². The Morgan fingerprint density at radius 2 is 2.11 bits per heavy atom. The molecule has 1 aliphatic carbocycles. The van der Waals surface area contributed by atoms with E-state index in [-0.39, 0.29) is 28.0 Å². The molecule has 0 spiro atoms. The van der Waals surface area contributed by atoms with E-state index in [2.05, 4.69) is 12.2 Å². The zero-order valence-electron chi connectivity index (χ0n) is 15.9. The Hall–Kier alpha value is -2.48. The number of hydrogen-bond donors (Lipinski definition) is 2. The summed E-state index contributed by atoms with van der Waals surface area (Å²) in [6.07, 6.45) is 3.53. The highest BCUT2D eigenvalue weighted by Crippen LogP contribution is 2.41. The van der Waals surface area contributed by atoms with Gasteiger partial charge in [0.15, 0.2) is 5.82 Å². The summed E-state index contributed by atoms with van der Waals surface area (Å²) in [5.74, 6) is -3.01. The quantitative estimate of drug-likeness (QED) is 0.820. The van der Waals surface area contributed by atoms with Crippen molar-refractivity contribution < 1.29 is 18.7 Å². The van der Waals surface area contributed by atoms with E-state index < -0.39 is 28.6 Å². The van der Waals surface area contributed by atoms with Crippen LogP contribution in [0.1, 0.15) is 42.6 Å². The Morgan fingerprint density at radius 3 is 2.71 bits per heavy atom. The van der Waals surface area contributed by atoms with Gasteiger partial charge in [0.1, 0.15) is 17.1 Å². The predicted octanol–water partition coefficient (Wildman–Crippen LogP) is 2.75. The van der Waals surface area contributed by atoms with Gasteiger partial charge >= 0.3 is 5.97 Å². The van der Waals surface area contributed by atoms with E-state index in [0.29, 0.717) is 13.1 Å². The molecule has 2 N–H and O–H groups in total. The van der Waals surface area contributed by atoms with Crippen molar-refractivity contribution in [3.05, 3.63) is 39.7 Å². The van der Waals surface area contributed by atoms with Crippen molar-refractivity contribution in [2.75, 3.05) is 31.6 Å². The number of halogens is 2. The topological polar surface area (TPSA) is 74.6 Å². The van der Waals surface area contributed by atoms with Crippen LogP contribution in [0.4, 0.5) is 14.5 Å². The van der Waals surface area contributed by atoms with Gasteiger partial charge < -0.3 is 19.9 Å². The summed E-state index contributed by atoms with van der Waals surface area (Å²) >= 11 is 0. The molecule has 6 nitrogen and oxygen atoms in total. The van der Waals surface area contributed by atoms with Gasteiger partial charge in [0, 0.05) is 31.9 Å². The lowest BCUT2D eigenvalue weighted by atomic mass is 9.90. The molecule has 28 heavy (non-hydrogen) atoms. The number of nitrogens with one attached hydrogen (secondary N) is 1. The number of hydrogen-bond acceptors (Lipinski definition) is 4. The second-order valence-corrected chi connectivity index (χ2v) is 8.25. The highest BCUT2D eigenvalue weighted by Gasteiger charge is 2.37. The van der Waals surface area contributed by atoms with Crippen LogP contribution in [0.5, 0.6) is 0 Å². The summed E-state index contributed by atoms with van der Waals surface area (Å²) in [6, 6.07) is 0.928. The fraction of sp³-hybridized carbons (Fsp3) is 0.500. The number of carboxylic acids is 1. The van der Waals surface area contributed by atoms with Crippen molar-refractivity contribution in [2.45, 2.75) is 32.2 Å². The Balaban J connectivity index is 1.91. The van der Waals surface area contributed by atoms with E-state index in [1.54, 1.807) is 4.90 Å². The minimum atomic E-state index is -1.39. The molecule has 1 unspecified atom stereocenters. The first-order valence-electron chi connectivity index (χ1n) is 9.45. The van der Waals surface area contributed by atoms with Gasteiger partial charge in [-0.05, 0) is 37.8 Å². The summed E-state index contributed by atoms with van der Waals surface area (Å²) in [4.78, 5) is 25.7. The van der Waals surface area contributed by atoms with Crippen LogP contribution in [0.15, 0.2) is 17.1 Å². The van der Waals surface area contributed by atoms with Gasteiger partial charge in [-0.2, -0.15) is 0 Å². The molecule has 150 valence electrons. The van der Waals surface area contributed by atoms with Crippen molar-refractivity contribution >= 4 is 22.6 Å². The number of rotatable bonds is 5. The van der Waals surface area contributed by atoms with Crippen LogP contribution in [-0.2, 0) is 0 Å². The van der Waals surface area contributed by atoms with Gasteiger partial charge in [0.25, 0.3) is 0 Å². The number of benzene rings is 1. The molecule has 1 aliphatic heterocycles. The number of pyridine rings is 1. The normalized spacial score (nSPS) is 22.2. The van der Waals surface area contributed by atoms with E-state index in [9.17, 15) is 19.1 Å². The summed E-state index contributed by atoms with van der Waals surface area (Å²) in [6.45, 7) is 3.81. The smallest absolute Gasteiger partial charge is 0.341 e. The maximum Gasteiger partial charge on any atom is 0.341 e. The maximum atomic E-state index is 15.6. The molecule has 1 aromatic carbocycles. The molecule has 8 heteroatoms. The molecular formula is C20H23F2N3O3. The van der Waals surface area contributed by atoms with E-state index in [1.165, 1.54) is 10.8 Å². The van der Waals surface area contributed by atoms with E-state index in [4.69, 9.17) is 0 Å². The van der Waals surface area contributed by atoms with Gasteiger partial charge in [0.05, 0.1) is 10.9 Å². The van der Waals surface area contributed by atoms with Crippen molar-refractivity contribution in [3.8, 4) is 0 Å². The van der Waals surface area contributed by atoms with Crippen molar-refractivity contribution in [1.82, 2.24) is 9.88 Å². The predicted molar refractivity (Wildman–Crippen MR) is 102 cm³/mol. The molecular weight excluding hydrogens is 368 g/mol. The lowest BCUT2D eigenvalue weighted by Gasteiger charge is -2.26. The molecule has 1 saturated heterocycles. The SMILES string of the molecule is CNCC1(C)CCN(c2c(F)cc3c(=O)c(C(=O)O)cn(C4CC4)c3c2F)C1. The fourth-order valence-electron chi connectivity index (χ4n) is 4.30. The second-order valence-electron chi connectivity index (χ2n) is 8.25. The molecule has 4 rings (SSSR count). The van der Waals surface area contributed by atoms with Crippen LogP contribution in [0, 0.1) is 17.0 Å². The van der Waals surface area contributed by atoms with Gasteiger partial charge in [-0.3, -0.25) is 4.79 Å². The molecule has 0 radical (unpaired) electrons. The van der Waals surface area contributed by atoms with Crippen molar-refractivity contribution in [3.63, 3.8) is 0 Å². The highest BCUT2D eigenvalue weighted by atomic mass is 19.1. The van der Waals surface area contributed by atoms with E-state index in [0.717, 1.165) is 31.9 Å². The zero-order chi connectivity index (χ0) is 20.2. The molecule has 0 bridgehead atoms. The van der Waals surface area contributed by atoms with Crippen LogP contribution in [0.25, 0.3) is 10.9 Å². The van der Waals surface area contributed by atoms with Crippen LogP contribution >= 0.6 is 0 Å².